The average molecular weight is 221 g/mol. The van der Waals surface area contributed by atoms with Crippen LogP contribution in [0.5, 0.6) is 0 Å². The second-order valence-corrected chi connectivity index (χ2v) is 2.89. The minimum Gasteiger partial charge on any atom is -0.477 e. The molecule has 0 aliphatic rings. The van der Waals surface area contributed by atoms with Gasteiger partial charge in [-0.2, -0.15) is 0 Å². The third kappa shape index (κ3) is 3.45. The van der Waals surface area contributed by atoms with E-state index in [9.17, 15) is 9.59 Å². The number of carbonyl (C=O) groups is 2. The van der Waals surface area contributed by atoms with Gasteiger partial charge >= 0.3 is 12.1 Å². The van der Waals surface area contributed by atoms with Crippen molar-refractivity contribution in [3.05, 3.63) is 41.6 Å². The molecule has 16 heavy (non-hydrogen) atoms. The number of hydrogen-bond donors (Lipinski definition) is 2. The first-order chi connectivity index (χ1) is 7.63. The Morgan fingerprint density at radius 2 is 1.94 bits per heavy atom. The van der Waals surface area contributed by atoms with E-state index in [4.69, 9.17) is 5.11 Å². The molecule has 0 fully saturated rings. The van der Waals surface area contributed by atoms with Gasteiger partial charge in [0.2, 0.25) is 0 Å². The molecule has 0 saturated carbocycles. The van der Waals surface area contributed by atoms with E-state index < -0.39 is 12.1 Å². The van der Waals surface area contributed by atoms with Crippen LogP contribution in [0.4, 0.5) is 4.79 Å². The van der Waals surface area contributed by atoms with Crippen molar-refractivity contribution in [2.24, 2.45) is 0 Å². The van der Waals surface area contributed by atoms with Crippen LogP contribution in [-0.2, 0) is 9.53 Å². The fourth-order valence-electron chi connectivity index (χ4n) is 1.03. The number of methoxy groups -OCH3 is 1. The molecule has 0 unspecified atom stereocenters. The zero-order chi connectivity index (χ0) is 12.0. The molecular formula is C11H11NO4. The van der Waals surface area contributed by atoms with E-state index in [1.807, 2.05) is 6.07 Å². The summed E-state index contributed by atoms with van der Waals surface area (Å²) in [7, 11) is 1.16. The number of carbonyl (C=O) groups excluding carboxylic acids is 1. The molecule has 0 saturated heterocycles. The highest BCUT2D eigenvalue weighted by atomic mass is 16.5. The van der Waals surface area contributed by atoms with Gasteiger partial charge in [0.1, 0.15) is 5.70 Å². The van der Waals surface area contributed by atoms with Crippen LogP contribution in [0.15, 0.2) is 36.0 Å². The number of alkyl carbamates (subject to hydrolysis) is 1. The second kappa shape index (κ2) is 5.55. The van der Waals surface area contributed by atoms with Gasteiger partial charge in [0, 0.05) is 0 Å². The van der Waals surface area contributed by atoms with Gasteiger partial charge in [-0.1, -0.05) is 30.3 Å². The topological polar surface area (TPSA) is 75.6 Å². The van der Waals surface area contributed by atoms with Crippen LogP contribution in [0, 0.1) is 0 Å². The van der Waals surface area contributed by atoms with Gasteiger partial charge in [-0.05, 0) is 11.6 Å². The maximum Gasteiger partial charge on any atom is 0.411 e. The number of ether oxygens (including phenoxy) is 1. The average Bonchev–Trinajstić information content (AvgIpc) is 2.29. The lowest BCUT2D eigenvalue weighted by Gasteiger charge is -2.04. The zero-order valence-corrected chi connectivity index (χ0v) is 8.64. The summed E-state index contributed by atoms with van der Waals surface area (Å²) < 4.78 is 4.31. The Bertz CT molecular complexity index is 411. The highest BCUT2D eigenvalue weighted by Gasteiger charge is 2.11. The third-order valence-electron chi connectivity index (χ3n) is 1.76. The van der Waals surface area contributed by atoms with Crippen molar-refractivity contribution in [3.8, 4) is 0 Å². The van der Waals surface area contributed by atoms with Crippen LogP contribution in [0.1, 0.15) is 5.56 Å². The molecule has 0 spiro atoms. The molecule has 5 heteroatoms. The SMILES string of the molecule is COC(=O)NC(=Cc1ccccc1)C(=O)O. The van der Waals surface area contributed by atoms with Crippen LogP contribution < -0.4 is 5.32 Å². The van der Waals surface area contributed by atoms with E-state index in [0.29, 0.717) is 5.56 Å². The number of amides is 1. The quantitative estimate of drug-likeness (QED) is 0.758. The van der Waals surface area contributed by atoms with Crippen LogP contribution in [0.3, 0.4) is 0 Å². The molecule has 0 aliphatic carbocycles. The molecular weight excluding hydrogens is 210 g/mol. The van der Waals surface area contributed by atoms with Crippen LogP contribution in [-0.4, -0.2) is 24.3 Å². The summed E-state index contributed by atoms with van der Waals surface area (Å²) >= 11 is 0. The first-order valence-corrected chi connectivity index (χ1v) is 4.48. The second-order valence-electron chi connectivity index (χ2n) is 2.89. The summed E-state index contributed by atoms with van der Waals surface area (Å²) in [6, 6.07) is 8.79. The first-order valence-electron chi connectivity index (χ1n) is 4.48. The lowest BCUT2D eigenvalue weighted by molar-refractivity contribution is -0.132. The minimum atomic E-state index is -1.23. The van der Waals surface area contributed by atoms with E-state index in [2.05, 4.69) is 10.1 Å². The molecule has 1 aromatic rings. The monoisotopic (exact) mass is 221 g/mol. The van der Waals surface area contributed by atoms with Crippen molar-refractivity contribution in [2.75, 3.05) is 7.11 Å². The summed E-state index contributed by atoms with van der Waals surface area (Å²) in [4.78, 5) is 21.7. The predicted molar refractivity (Wildman–Crippen MR) is 57.6 cm³/mol. The normalized spacial score (nSPS) is 10.7. The van der Waals surface area contributed by atoms with Crippen molar-refractivity contribution in [3.63, 3.8) is 0 Å². The fraction of sp³-hybridized carbons (Fsp3) is 0.0909. The number of carboxylic acids is 1. The molecule has 0 atom stereocenters. The van der Waals surface area contributed by atoms with Crippen LogP contribution >= 0.6 is 0 Å². The number of rotatable bonds is 3. The van der Waals surface area contributed by atoms with Gasteiger partial charge in [-0.15, -0.1) is 0 Å². The highest BCUT2D eigenvalue weighted by Crippen LogP contribution is 2.04. The number of benzene rings is 1. The number of nitrogens with one attached hydrogen (secondary N) is 1. The van der Waals surface area contributed by atoms with Crippen molar-refractivity contribution >= 4 is 18.1 Å². The Labute approximate surface area is 92.3 Å². The van der Waals surface area contributed by atoms with E-state index in [1.54, 1.807) is 24.3 Å². The van der Waals surface area contributed by atoms with Crippen molar-refractivity contribution < 1.29 is 19.4 Å². The van der Waals surface area contributed by atoms with Crippen LogP contribution in [0.25, 0.3) is 6.08 Å². The molecule has 0 bridgehead atoms. The zero-order valence-electron chi connectivity index (χ0n) is 8.64. The van der Waals surface area contributed by atoms with Gasteiger partial charge in [0.15, 0.2) is 0 Å². The third-order valence-corrected chi connectivity index (χ3v) is 1.76. The van der Waals surface area contributed by atoms with Gasteiger partial charge in [0.25, 0.3) is 0 Å². The Morgan fingerprint density at radius 1 is 1.31 bits per heavy atom. The summed E-state index contributed by atoms with van der Waals surface area (Å²) in [6.07, 6.45) is 0.531. The molecule has 2 N–H and O–H groups in total. The largest absolute Gasteiger partial charge is 0.477 e. The van der Waals surface area contributed by atoms with Crippen molar-refractivity contribution in [1.82, 2.24) is 5.32 Å². The predicted octanol–water partition coefficient (Wildman–Crippen LogP) is 1.47. The van der Waals surface area contributed by atoms with E-state index in [1.165, 1.54) is 6.08 Å². The van der Waals surface area contributed by atoms with Gasteiger partial charge in [0.05, 0.1) is 7.11 Å². The number of hydrogen-bond acceptors (Lipinski definition) is 3. The lowest BCUT2D eigenvalue weighted by Crippen LogP contribution is -2.26. The maximum absolute atomic E-state index is 10.9. The molecule has 1 aromatic carbocycles. The van der Waals surface area contributed by atoms with Crippen molar-refractivity contribution in [2.45, 2.75) is 0 Å². The Morgan fingerprint density at radius 3 is 2.44 bits per heavy atom. The fourth-order valence-corrected chi connectivity index (χ4v) is 1.03. The number of aliphatic carboxylic acids is 1. The van der Waals surface area contributed by atoms with Gasteiger partial charge < -0.3 is 9.84 Å². The summed E-state index contributed by atoms with van der Waals surface area (Å²) in [5, 5.41) is 11.0. The molecule has 0 radical (unpaired) electrons. The smallest absolute Gasteiger partial charge is 0.411 e. The molecule has 1 rings (SSSR count). The minimum absolute atomic E-state index is 0.238. The summed E-state index contributed by atoms with van der Waals surface area (Å²) in [6.45, 7) is 0. The maximum atomic E-state index is 10.9. The van der Waals surface area contributed by atoms with E-state index in [-0.39, 0.29) is 5.70 Å². The Kier molecular flexibility index (Phi) is 4.08. The molecule has 0 aromatic heterocycles. The molecule has 0 heterocycles. The molecule has 84 valence electrons. The Hall–Kier alpha value is -2.30. The molecule has 5 nitrogen and oxygen atoms in total. The van der Waals surface area contributed by atoms with Gasteiger partial charge in [-0.3, -0.25) is 5.32 Å². The van der Waals surface area contributed by atoms with Gasteiger partial charge in [-0.25, -0.2) is 9.59 Å². The standard InChI is InChI=1S/C11H11NO4/c1-16-11(15)12-9(10(13)14)7-8-5-3-2-4-6-8/h2-7H,1H3,(H,12,15)(H,13,14). The molecule has 1 amide bonds. The highest BCUT2D eigenvalue weighted by molar-refractivity contribution is 5.95. The molecule has 0 aliphatic heterocycles. The number of carboxylic acid groups (broad SMARTS) is 1. The Balaban J connectivity index is 2.90. The lowest BCUT2D eigenvalue weighted by atomic mass is 10.2. The van der Waals surface area contributed by atoms with E-state index in [0.717, 1.165) is 7.11 Å². The van der Waals surface area contributed by atoms with Crippen LogP contribution in [0.2, 0.25) is 0 Å². The first kappa shape index (κ1) is 11.8. The van der Waals surface area contributed by atoms with E-state index >= 15 is 0 Å². The summed E-state index contributed by atoms with van der Waals surface area (Å²) in [5.41, 5.74) is 0.439. The van der Waals surface area contributed by atoms with Crippen molar-refractivity contribution in [1.29, 1.82) is 0 Å². The summed E-state index contributed by atoms with van der Waals surface area (Å²) in [5.74, 6) is -1.23.